The van der Waals surface area contributed by atoms with Crippen molar-refractivity contribution in [1.82, 2.24) is 24.3 Å². The summed E-state index contributed by atoms with van der Waals surface area (Å²) in [6, 6.07) is 8.24. The summed E-state index contributed by atoms with van der Waals surface area (Å²) in [7, 11) is 3.87. The maximum atomic E-state index is 13.1. The van der Waals surface area contributed by atoms with Crippen molar-refractivity contribution in [2.45, 2.75) is 44.2 Å². The van der Waals surface area contributed by atoms with Gasteiger partial charge in [0.25, 0.3) is 5.56 Å². The highest BCUT2D eigenvalue weighted by atomic mass is 16.3. The lowest BCUT2D eigenvalue weighted by molar-refractivity contribution is 0.189. The molecule has 212 valence electrons. The van der Waals surface area contributed by atoms with Crippen molar-refractivity contribution < 1.29 is 5.11 Å². The largest absolute Gasteiger partial charge is 0.392 e. The number of aliphatic hydroxyl groups excluding tert-OH is 1. The zero-order chi connectivity index (χ0) is 28.1. The molecular weight excluding hydrogens is 514 g/mol. The van der Waals surface area contributed by atoms with E-state index in [-0.39, 0.29) is 12.2 Å². The number of likely N-dealkylation sites (N-methyl/N-ethyl adjacent to an activating group) is 1. The molecule has 7 heterocycles. The molecule has 0 saturated carbocycles. The summed E-state index contributed by atoms with van der Waals surface area (Å²) in [4.78, 5) is 29.4. The molecular formula is C32H37N7O2. The van der Waals surface area contributed by atoms with Crippen LogP contribution in [0, 0.1) is 0 Å². The Morgan fingerprint density at radius 2 is 1.98 bits per heavy atom. The van der Waals surface area contributed by atoms with Crippen LogP contribution in [0.25, 0.3) is 11.1 Å². The van der Waals surface area contributed by atoms with Gasteiger partial charge < -0.3 is 29.7 Å². The summed E-state index contributed by atoms with van der Waals surface area (Å²) in [6.45, 7) is 3.92. The van der Waals surface area contributed by atoms with E-state index in [0.29, 0.717) is 23.5 Å². The summed E-state index contributed by atoms with van der Waals surface area (Å²) < 4.78 is 1.58. The number of likely N-dealkylation sites (tertiary alicyclic amines) is 1. The highest BCUT2D eigenvalue weighted by molar-refractivity contribution is 5.75. The molecule has 1 atom stereocenters. The predicted molar refractivity (Wildman–Crippen MR) is 161 cm³/mol. The molecule has 7 rings (SSSR count). The van der Waals surface area contributed by atoms with Gasteiger partial charge in [-0.15, -0.1) is 0 Å². The number of aliphatic hydroxyl groups is 1. The maximum Gasteiger partial charge on any atom is 0.274 e. The number of fused-ring (bicyclic) bond motifs is 3. The minimum absolute atomic E-state index is 0.141. The van der Waals surface area contributed by atoms with Crippen LogP contribution in [0.1, 0.15) is 42.7 Å². The zero-order valence-electron chi connectivity index (χ0n) is 23.8. The predicted octanol–water partition coefficient (Wildman–Crippen LogP) is 3.95. The molecule has 0 amide bonds. The average Bonchev–Trinajstić information content (AvgIpc) is 3.35. The third-order valence-electron chi connectivity index (χ3n) is 9.04. The van der Waals surface area contributed by atoms with E-state index in [4.69, 9.17) is 4.98 Å². The van der Waals surface area contributed by atoms with Gasteiger partial charge in [-0.1, -0.05) is 6.07 Å². The van der Waals surface area contributed by atoms with Crippen LogP contribution in [0.2, 0.25) is 0 Å². The molecule has 9 heteroatoms. The highest BCUT2D eigenvalue weighted by Gasteiger charge is 2.35. The molecule has 2 saturated heterocycles. The number of nitrogens with one attached hydrogen (secondary N) is 1. The van der Waals surface area contributed by atoms with Crippen LogP contribution in [-0.4, -0.2) is 68.7 Å². The van der Waals surface area contributed by atoms with Gasteiger partial charge in [-0.05, 0) is 73.7 Å². The van der Waals surface area contributed by atoms with Crippen LogP contribution in [0.3, 0.4) is 0 Å². The Morgan fingerprint density at radius 1 is 1.10 bits per heavy atom. The summed E-state index contributed by atoms with van der Waals surface area (Å²) in [5, 5.41) is 13.8. The molecule has 4 aliphatic heterocycles. The topological polar surface area (TPSA) is 89.8 Å². The van der Waals surface area contributed by atoms with E-state index in [2.05, 4.69) is 50.4 Å². The molecule has 0 bridgehead atoms. The molecule has 41 heavy (non-hydrogen) atoms. The number of allylic oxidation sites excluding steroid dienone is 1. The number of hydrogen-bond donors (Lipinski definition) is 2. The first kappa shape index (κ1) is 26.0. The molecule has 0 spiro atoms. The first-order valence-corrected chi connectivity index (χ1v) is 14.7. The molecule has 9 nitrogen and oxygen atoms in total. The number of aryl methyl sites for hydroxylation is 1. The quantitative estimate of drug-likeness (QED) is 0.476. The maximum absolute atomic E-state index is 13.1. The Bertz CT molecular complexity index is 1590. The normalized spacial score (nSPS) is 20.7. The van der Waals surface area contributed by atoms with E-state index in [1.54, 1.807) is 17.8 Å². The van der Waals surface area contributed by atoms with Crippen LogP contribution in [0.5, 0.6) is 0 Å². The second-order valence-corrected chi connectivity index (χ2v) is 11.8. The lowest BCUT2D eigenvalue weighted by Crippen LogP contribution is -2.41. The number of nitrogens with zero attached hydrogens (tertiary/aromatic N) is 6. The minimum atomic E-state index is -0.153. The van der Waals surface area contributed by atoms with Crippen LogP contribution in [0.15, 0.2) is 71.2 Å². The average molecular weight is 552 g/mol. The van der Waals surface area contributed by atoms with Gasteiger partial charge in [-0.3, -0.25) is 4.79 Å². The third kappa shape index (κ3) is 4.73. The first-order chi connectivity index (χ1) is 20.0. The van der Waals surface area contributed by atoms with Crippen molar-refractivity contribution in [1.29, 1.82) is 0 Å². The number of piperidine rings is 1. The number of hydrogen-bond acceptors (Lipinski definition) is 8. The van der Waals surface area contributed by atoms with Crippen LogP contribution in [-0.2, 0) is 13.7 Å². The van der Waals surface area contributed by atoms with Crippen LogP contribution < -0.4 is 15.8 Å². The lowest BCUT2D eigenvalue weighted by Gasteiger charge is -2.37. The Labute approximate surface area is 240 Å². The van der Waals surface area contributed by atoms with E-state index in [1.807, 2.05) is 30.6 Å². The van der Waals surface area contributed by atoms with Gasteiger partial charge >= 0.3 is 0 Å². The first-order valence-electron chi connectivity index (χ1n) is 14.7. The van der Waals surface area contributed by atoms with Crippen molar-refractivity contribution >= 4 is 17.3 Å². The van der Waals surface area contributed by atoms with E-state index >= 15 is 0 Å². The Morgan fingerprint density at radius 3 is 2.76 bits per heavy atom. The van der Waals surface area contributed by atoms with Crippen molar-refractivity contribution in [2.75, 3.05) is 43.4 Å². The van der Waals surface area contributed by atoms with Gasteiger partial charge in [-0.2, -0.15) is 0 Å². The second kappa shape index (κ2) is 10.5. The van der Waals surface area contributed by atoms with Crippen molar-refractivity contribution in [3.05, 3.63) is 87.9 Å². The Balaban J connectivity index is 1.18. The highest BCUT2D eigenvalue weighted by Crippen LogP contribution is 2.39. The number of rotatable bonds is 6. The zero-order valence-corrected chi connectivity index (χ0v) is 23.8. The van der Waals surface area contributed by atoms with Crippen molar-refractivity contribution in [3.63, 3.8) is 0 Å². The van der Waals surface area contributed by atoms with Gasteiger partial charge in [-0.25, -0.2) is 9.97 Å². The molecule has 0 aromatic carbocycles. The number of anilines is 3. The van der Waals surface area contributed by atoms with Crippen molar-refractivity contribution in [2.24, 2.45) is 7.05 Å². The summed E-state index contributed by atoms with van der Waals surface area (Å²) in [5.41, 5.74) is 6.75. The fourth-order valence-corrected chi connectivity index (χ4v) is 6.85. The molecule has 2 N–H and O–H groups in total. The van der Waals surface area contributed by atoms with Crippen LogP contribution >= 0.6 is 0 Å². The monoisotopic (exact) mass is 551 g/mol. The van der Waals surface area contributed by atoms with Gasteiger partial charge in [0, 0.05) is 80.8 Å². The van der Waals surface area contributed by atoms with E-state index in [1.165, 1.54) is 29.7 Å². The van der Waals surface area contributed by atoms with Gasteiger partial charge in [0.2, 0.25) is 0 Å². The van der Waals surface area contributed by atoms with E-state index < -0.39 is 0 Å². The molecule has 0 radical (unpaired) electrons. The molecule has 3 aromatic rings. The second-order valence-electron chi connectivity index (χ2n) is 11.8. The van der Waals surface area contributed by atoms with E-state index in [0.717, 1.165) is 61.5 Å². The van der Waals surface area contributed by atoms with Gasteiger partial charge in [0.15, 0.2) is 0 Å². The third-order valence-corrected chi connectivity index (χ3v) is 9.04. The smallest absolute Gasteiger partial charge is 0.274 e. The van der Waals surface area contributed by atoms with Gasteiger partial charge in [0.05, 0.1) is 12.6 Å². The van der Waals surface area contributed by atoms with Crippen LogP contribution in [0.4, 0.5) is 17.3 Å². The number of pyridine rings is 3. The SMILES string of the molecule is CN1CC(c2ccc(Nc3cc(-c4ccnc(N5C=C6C=C7CCCCN7C6CC5)c4CO)cn(C)c3=O)nc2)C1. The summed E-state index contributed by atoms with van der Waals surface area (Å²) >= 11 is 0. The summed E-state index contributed by atoms with van der Waals surface area (Å²) in [6.07, 6.45) is 14.8. The van der Waals surface area contributed by atoms with E-state index in [9.17, 15) is 9.90 Å². The Kier molecular flexibility index (Phi) is 6.63. The molecule has 1 unspecified atom stereocenters. The van der Waals surface area contributed by atoms with Crippen molar-refractivity contribution in [3.8, 4) is 11.1 Å². The lowest BCUT2D eigenvalue weighted by atomic mass is 9.93. The van der Waals surface area contributed by atoms with Gasteiger partial charge in [0.1, 0.15) is 17.3 Å². The summed E-state index contributed by atoms with van der Waals surface area (Å²) in [5.74, 6) is 1.91. The number of aromatic nitrogens is 3. The molecule has 0 aliphatic carbocycles. The molecule has 3 aromatic heterocycles. The fourth-order valence-electron chi connectivity index (χ4n) is 6.85. The molecule has 4 aliphatic rings. The minimum Gasteiger partial charge on any atom is -0.392 e. The fraction of sp³-hybridized carbons (Fsp3) is 0.406. The molecule has 2 fully saturated rings. The standard InChI is InChI=1S/C32H37N7O2/c1-36-16-24(17-36)21-6-7-30(34-15-21)35-28-14-22(18-37(2)32(28)41)26-8-10-33-31(27(26)20-40)38-12-9-29-23(19-38)13-25-5-3-4-11-39(25)29/h6-8,10,13-15,18-19,24,29,40H,3-5,9,11-12,16-17,20H2,1-2H3,(H,34,35). The Hall–Kier alpha value is -3.95.